The van der Waals surface area contributed by atoms with Crippen molar-refractivity contribution >= 4 is 17.4 Å². The van der Waals surface area contributed by atoms with E-state index in [0.29, 0.717) is 22.8 Å². The fraction of sp³-hybridized carbons (Fsp3) is 0.174. The average molecular weight is 406 g/mol. The second kappa shape index (κ2) is 7.59. The monoisotopic (exact) mass is 406 g/mol. The predicted molar refractivity (Wildman–Crippen MR) is 107 cm³/mol. The molecule has 1 saturated heterocycles. The van der Waals surface area contributed by atoms with Crippen LogP contribution in [0, 0.1) is 19.7 Å². The first-order valence-electron chi connectivity index (χ1n) is 9.38. The molecule has 3 aromatic rings. The van der Waals surface area contributed by atoms with Crippen LogP contribution in [0.3, 0.4) is 0 Å². The van der Waals surface area contributed by atoms with Crippen LogP contribution in [0.25, 0.3) is 5.76 Å². The Balaban J connectivity index is 1.86. The third kappa shape index (κ3) is 3.39. The summed E-state index contributed by atoms with van der Waals surface area (Å²) >= 11 is 0. The second-order valence-electron chi connectivity index (χ2n) is 7.16. The Morgan fingerprint density at radius 3 is 2.60 bits per heavy atom. The molecule has 30 heavy (non-hydrogen) atoms. The predicted octanol–water partition coefficient (Wildman–Crippen LogP) is 4.05. The summed E-state index contributed by atoms with van der Waals surface area (Å²) in [7, 11) is 0. The molecule has 3 heterocycles. The molecule has 1 aliphatic rings. The Bertz CT molecular complexity index is 1170. The molecule has 152 valence electrons. The molecule has 2 aromatic heterocycles. The van der Waals surface area contributed by atoms with Gasteiger partial charge in [-0.3, -0.25) is 14.6 Å². The van der Waals surface area contributed by atoms with Gasteiger partial charge in [-0.25, -0.2) is 4.39 Å². The largest absolute Gasteiger partial charge is 0.507 e. The number of rotatable bonds is 4. The van der Waals surface area contributed by atoms with Crippen molar-refractivity contribution in [2.24, 2.45) is 0 Å². The zero-order valence-corrected chi connectivity index (χ0v) is 16.4. The molecule has 4 rings (SSSR count). The van der Waals surface area contributed by atoms with E-state index in [-0.39, 0.29) is 23.4 Å². The number of hydrogen-bond donors (Lipinski definition) is 1. The molecule has 7 heteroatoms. The molecule has 0 saturated carbocycles. The van der Waals surface area contributed by atoms with E-state index < -0.39 is 23.5 Å². The van der Waals surface area contributed by atoms with Crippen LogP contribution < -0.4 is 0 Å². The summed E-state index contributed by atoms with van der Waals surface area (Å²) in [5.41, 5.74) is 1.05. The highest BCUT2D eigenvalue weighted by atomic mass is 19.1. The normalized spacial score (nSPS) is 18.2. The fourth-order valence-electron chi connectivity index (χ4n) is 3.55. The summed E-state index contributed by atoms with van der Waals surface area (Å²) in [6, 6.07) is 11.8. The Labute approximate surface area is 172 Å². The molecule has 0 bridgehead atoms. The van der Waals surface area contributed by atoms with Crippen molar-refractivity contribution in [3.63, 3.8) is 0 Å². The topological polar surface area (TPSA) is 83.6 Å². The number of benzene rings is 1. The van der Waals surface area contributed by atoms with Crippen LogP contribution in [-0.2, 0) is 16.1 Å². The van der Waals surface area contributed by atoms with Gasteiger partial charge < -0.3 is 14.4 Å². The number of aromatic nitrogens is 1. The van der Waals surface area contributed by atoms with Crippen LogP contribution >= 0.6 is 0 Å². The van der Waals surface area contributed by atoms with E-state index in [1.165, 1.54) is 23.1 Å². The Kier molecular flexibility index (Phi) is 4.95. The summed E-state index contributed by atoms with van der Waals surface area (Å²) in [4.78, 5) is 31.3. The Morgan fingerprint density at radius 1 is 1.17 bits per heavy atom. The number of nitrogens with zero attached hydrogens (tertiary/aromatic N) is 2. The number of pyridine rings is 1. The molecule has 1 fully saturated rings. The minimum absolute atomic E-state index is 0.0645. The van der Waals surface area contributed by atoms with Gasteiger partial charge in [0.25, 0.3) is 11.7 Å². The number of aliphatic hydroxyl groups is 1. The number of amides is 1. The Hall–Kier alpha value is -3.74. The van der Waals surface area contributed by atoms with Crippen molar-refractivity contribution in [1.29, 1.82) is 0 Å². The van der Waals surface area contributed by atoms with Crippen LogP contribution in [0.2, 0.25) is 0 Å². The Morgan fingerprint density at radius 2 is 1.97 bits per heavy atom. The van der Waals surface area contributed by atoms with Gasteiger partial charge in [-0.1, -0.05) is 6.07 Å². The van der Waals surface area contributed by atoms with Gasteiger partial charge in [-0.2, -0.15) is 0 Å². The number of Topliss-reactive ketones (excluding diaryl/α,β-unsaturated/α-hetero) is 1. The first-order chi connectivity index (χ1) is 14.4. The quantitative estimate of drug-likeness (QED) is 0.401. The van der Waals surface area contributed by atoms with Crippen LogP contribution in [0.15, 0.2) is 64.7 Å². The minimum Gasteiger partial charge on any atom is -0.507 e. The number of ketones is 1. The van der Waals surface area contributed by atoms with Gasteiger partial charge >= 0.3 is 0 Å². The molecule has 1 unspecified atom stereocenters. The van der Waals surface area contributed by atoms with E-state index in [1.54, 1.807) is 50.4 Å². The molecule has 6 nitrogen and oxygen atoms in total. The van der Waals surface area contributed by atoms with Crippen molar-refractivity contribution in [3.8, 4) is 0 Å². The van der Waals surface area contributed by atoms with E-state index in [9.17, 15) is 19.1 Å². The smallest absolute Gasteiger partial charge is 0.296 e. The number of furan rings is 1. The molecule has 0 radical (unpaired) electrons. The van der Waals surface area contributed by atoms with E-state index in [1.807, 2.05) is 0 Å². The van der Waals surface area contributed by atoms with E-state index >= 15 is 0 Å². The summed E-state index contributed by atoms with van der Waals surface area (Å²) in [5, 5.41) is 10.9. The third-order valence-corrected chi connectivity index (χ3v) is 5.06. The van der Waals surface area contributed by atoms with E-state index in [2.05, 4.69) is 4.98 Å². The summed E-state index contributed by atoms with van der Waals surface area (Å²) in [6.07, 6.45) is 1.60. The lowest BCUT2D eigenvalue weighted by atomic mass is 9.98. The van der Waals surface area contributed by atoms with E-state index in [0.717, 1.165) is 0 Å². The van der Waals surface area contributed by atoms with Gasteiger partial charge in [0, 0.05) is 11.8 Å². The molecule has 1 aliphatic heterocycles. The average Bonchev–Trinajstić information content (AvgIpc) is 3.26. The van der Waals surface area contributed by atoms with Gasteiger partial charge in [-0.15, -0.1) is 0 Å². The molecular formula is C23H19FN2O4. The van der Waals surface area contributed by atoms with Crippen LogP contribution in [0.4, 0.5) is 4.39 Å². The molecule has 1 aromatic carbocycles. The standard InChI is InChI=1S/C23H19FN2O4/c1-13-11-15(7-8-17(13)24)21(27)19-20(18-9-6-14(2)30-18)26(23(29)22(19)28)12-16-5-3-4-10-25-16/h3-11,20,27H,12H2,1-2H3/b21-19-. The third-order valence-electron chi connectivity index (χ3n) is 5.06. The molecule has 0 aliphatic carbocycles. The molecule has 1 N–H and O–H groups in total. The van der Waals surface area contributed by atoms with Gasteiger partial charge in [-0.05, 0) is 61.9 Å². The maximum Gasteiger partial charge on any atom is 0.296 e. The molecular weight excluding hydrogens is 387 g/mol. The fourth-order valence-corrected chi connectivity index (χ4v) is 3.55. The SMILES string of the molecule is Cc1ccc(C2/C(=C(/O)c3ccc(F)c(C)c3)C(=O)C(=O)N2Cc2ccccn2)o1. The maximum absolute atomic E-state index is 13.7. The molecule has 1 atom stereocenters. The first kappa shape index (κ1) is 19.6. The van der Waals surface area contributed by atoms with Crippen molar-refractivity contribution in [1.82, 2.24) is 9.88 Å². The van der Waals surface area contributed by atoms with Crippen LogP contribution in [0.5, 0.6) is 0 Å². The molecule has 0 spiro atoms. The van der Waals surface area contributed by atoms with Gasteiger partial charge in [0.15, 0.2) is 0 Å². The summed E-state index contributed by atoms with van der Waals surface area (Å²) in [5.74, 6) is -1.45. The number of aryl methyl sites for hydroxylation is 2. The van der Waals surface area contributed by atoms with Crippen molar-refractivity contribution < 1.29 is 23.5 Å². The van der Waals surface area contributed by atoms with Gasteiger partial charge in [0.05, 0.1) is 17.8 Å². The lowest BCUT2D eigenvalue weighted by Gasteiger charge is -2.23. The number of halogens is 1. The van der Waals surface area contributed by atoms with Crippen molar-refractivity contribution in [2.75, 3.05) is 0 Å². The van der Waals surface area contributed by atoms with E-state index in [4.69, 9.17) is 4.42 Å². The number of aliphatic hydroxyl groups excluding tert-OH is 1. The maximum atomic E-state index is 13.7. The van der Waals surface area contributed by atoms with Crippen LogP contribution in [0.1, 0.15) is 34.4 Å². The minimum atomic E-state index is -0.925. The number of carbonyl (C=O) groups excluding carboxylic acids is 2. The second-order valence-corrected chi connectivity index (χ2v) is 7.16. The number of likely N-dealkylation sites (tertiary alicyclic amines) is 1. The van der Waals surface area contributed by atoms with Gasteiger partial charge in [0.2, 0.25) is 0 Å². The number of carbonyl (C=O) groups is 2. The summed E-state index contributed by atoms with van der Waals surface area (Å²) in [6.45, 7) is 3.37. The van der Waals surface area contributed by atoms with Crippen molar-refractivity contribution in [2.45, 2.75) is 26.4 Å². The lowest BCUT2D eigenvalue weighted by molar-refractivity contribution is -0.140. The number of hydrogen-bond acceptors (Lipinski definition) is 5. The lowest BCUT2D eigenvalue weighted by Crippen LogP contribution is -2.29. The zero-order chi connectivity index (χ0) is 21.4. The van der Waals surface area contributed by atoms with Gasteiger partial charge in [0.1, 0.15) is 29.1 Å². The first-order valence-corrected chi connectivity index (χ1v) is 9.38. The van der Waals surface area contributed by atoms with Crippen LogP contribution in [-0.4, -0.2) is 26.7 Å². The van der Waals surface area contributed by atoms with Crippen molar-refractivity contribution in [3.05, 3.63) is 94.5 Å². The highest BCUT2D eigenvalue weighted by Crippen LogP contribution is 2.40. The highest BCUT2D eigenvalue weighted by molar-refractivity contribution is 6.46. The zero-order valence-electron chi connectivity index (χ0n) is 16.4. The summed E-state index contributed by atoms with van der Waals surface area (Å²) < 4.78 is 19.4. The molecule has 1 amide bonds. The highest BCUT2D eigenvalue weighted by Gasteiger charge is 2.47.